The second-order valence-corrected chi connectivity index (χ2v) is 3.69. The van der Waals surface area contributed by atoms with E-state index in [2.05, 4.69) is 10.4 Å². The van der Waals surface area contributed by atoms with Crippen molar-refractivity contribution in [1.82, 2.24) is 9.78 Å². The van der Waals surface area contributed by atoms with E-state index in [-0.39, 0.29) is 5.75 Å². The van der Waals surface area contributed by atoms with Crippen molar-refractivity contribution < 1.29 is 9.84 Å². The molecular weight excluding hydrogens is 218 g/mol. The molecule has 0 aliphatic heterocycles. The van der Waals surface area contributed by atoms with Crippen LogP contribution in [0.15, 0.2) is 30.5 Å². The molecule has 5 nitrogen and oxygen atoms in total. The van der Waals surface area contributed by atoms with Crippen molar-refractivity contribution >= 4 is 5.69 Å². The van der Waals surface area contributed by atoms with Crippen LogP contribution in [0.25, 0.3) is 0 Å². The largest absolute Gasteiger partial charge is 0.504 e. The van der Waals surface area contributed by atoms with E-state index in [1.165, 1.54) is 7.11 Å². The zero-order valence-corrected chi connectivity index (χ0v) is 9.84. The zero-order valence-electron chi connectivity index (χ0n) is 9.84. The number of anilines is 1. The number of methoxy groups -OCH3 is 1. The highest BCUT2D eigenvalue weighted by Crippen LogP contribution is 2.28. The highest BCUT2D eigenvalue weighted by atomic mass is 16.5. The van der Waals surface area contributed by atoms with Crippen molar-refractivity contribution in [3.8, 4) is 11.5 Å². The number of ether oxygens (including phenoxy) is 1. The molecule has 2 aromatic rings. The van der Waals surface area contributed by atoms with Gasteiger partial charge in [-0.3, -0.25) is 4.68 Å². The molecule has 0 bridgehead atoms. The van der Waals surface area contributed by atoms with Gasteiger partial charge in [0.25, 0.3) is 0 Å². The summed E-state index contributed by atoms with van der Waals surface area (Å²) in [5.74, 6) is 0.596. The predicted octanol–water partition coefficient (Wildman–Crippen LogP) is 1.75. The summed E-state index contributed by atoms with van der Waals surface area (Å²) >= 11 is 0. The average molecular weight is 233 g/mol. The summed E-state index contributed by atoms with van der Waals surface area (Å²) in [6, 6.07) is 7.15. The third-order valence-electron chi connectivity index (χ3n) is 2.57. The molecule has 0 radical (unpaired) electrons. The number of phenols is 1. The van der Waals surface area contributed by atoms with Gasteiger partial charge in [0.15, 0.2) is 11.5 Å². The highest BCUT2D eigenvalue weighted by molar-refractivity contribution is 5.54. The Morgan fingerprint density at radius 3 is 2.82 bits per heavy atom. The fraction of sp³-hybridized carbons (Fsp3) is 0.250. The van der Waals surface area contributed by atoms with Gasteiger partial charge in [0.05, 0.1) is 19.3 Å². The molecule has 2 N–H and O–H groups in total. The van der Waals surface area contributed by atoms with E-state index >= 15 is 0 Å². The normalized spacial score (nSPS) is 10.2. The number of aryl methyl sites for hydroxylation is 1. The Kier molecular flexibility index (Phi) is 3.18. The van der Waals surface area contributed by atoms with E-state index in [4.69, 9.17) is 4.74 Å². The third-order valence-corrected chi connectivity index (χ3v) is 2.57. The number of nitrogens with zero attached hydrogens (tertiary/aromatic N) is 2. The van der Waals surface area contributed by atoms with Gasteiger partial charge in [0.2, 0.25) is 0 Å². The Morgan fingerprint density at radius 1 is 1.41 bits per heavy atom. The Bertz CT molecular complexity index is 508. The molecule has 0 aliphatic carbocycles. The van der Waals surface area contributed by atoms with Crippen LogP contribution in [0.3, 0.4) is 0 Å². The molecule has 0 spiro atoms. The minimum Gasteiger partial charge on any atom is -0.504 e. The van der Waals surface area contributed by atoms with Crippen molar-refractivity contribution in [1.29, 1.82) is 0 Å². The molecule has 0 unspecified atom stereocenters. The smallest absolute Gasteiger partial charge is 0.160 e. The first-order valence-electron chi connectivity index (χ1n) is 5.28. The lowest BCUT2D eigenvalue weighted by Crippen LogP contribution is -2.05. The fourth-order valence-electron chi connectivity index (χ4n) is 1.57. The van der Waals surface area contributed by atoms with E-state index in [1.807, 2.05) is 19.2 Å². The molecule has 0 amide bonds. The van der Waals surface area contributed by atoms with E-state index in [0.717, 1.165) is 11.4 Å². The Balaban J connectivity index is 2.05. The number of aromatic hydroxyl groups is 1. The first-order chi connectivity index (χ1) is 8.20. The number of hydrogen-bond acceptors (Lipinski definition) is 4. The van der Waals surface area contributed by atoms with Crippen LogP contribution in [-0.4, -0.2) is 22.0 Å². The lowest BCUT2D eigenvalue weighted by Gasteiger charge is -2.09. The van der Waals surface area contributed by atoms with E-state index < -0.39 is 0 Å². The predicted molar refractivity (Wildman–Crippen MR) is 65.2 cm³/mol. The minimum atomic E-state index is 0.127. The van der Waals surface area contributed by atoms with Crippen LogP contribution in [0.1, 0.15) is 5.69 Å². The molecule has 2 rings (SSSR count). The van der Waals surface area contributed by atoms with Gasteiger partial charge in [-0.15, -0.1) is 0 Å². The number of phenolic OH excluding ortho intramolecular Hbond substituents is 1. The molecule has 5 heteroatoms. The van der Waals surface area contributed by atoms with Gasteiger partial charge >= 0.3 is 0 Å². The number of aromatic nitrogens is 2. The second kappa shape index (κ2) is 4.78. The van der Waals surface area contributed by atoms with Gasteiger partial charge in [-0.25, -0.2) is 0 Å². The first-order valence-corrected chi connectivity index (χ1v) is 5.28. The van der Waals surface area contributed by atoms with Crippen molar-refractivity contribution in [2.24, 2.45) is 7.05 Å². The quantitative estimate of drug-likeness (QED) is 0.844. The van der Waals surface area contributed by atoms with Gasteiger partial charge in [0.1, 0.15) is 0 Å². The molecule has 0 saturated carbocycles. The second-order valence-electron chi connectivity index (χ2n) is 3.69. The molecular formula is C12H15N3O2. The SMILES string of the molecule is COc1ccc(NCc2ccnn2C)cc1O. The van der Waals surface area contributed by atoms with Crippen LogP contribution in [0.4, 0.5) is 5.69 Å². The van der Waals surface area contributed by atoms with Gasteiger partial charge < -0.3 is 15.2 Å². The monoisotopic (exact) mass is 233 g/mol. The topological polar surface area (TPSA) is 59.3 Å². The van der Waals surface area contributed by atoms with Crippen molar-refractivity contribution in [2.45, 2.75) is 6.54 Å². The molecule has 1 aromatic carbocycles. The van der Waals surface area contributed by atoms with Crippen LogP contribution in [0.2, 0.25) is 0 Å². The van der Waals surface area contributed by atoms with Crippen LogP contribution in [0.5, 0.6) is 11.5 Å². The number of hydrogen-bond donors (Lipinski definition) is 2. The van der Waals surface area contributed by atoms with E-state index in [0.29, 0.717) is 12.3 Å². The summed E-state index contributed by atoms with van der Waals surface area (Å²) in [4.78, 5) is 0. The molecule has 90 valence electrons. The lowest BCUT2D eigenvalue weighted by atomic mass is 10.2. The van der Waals surface area contributed by atoms with Crippen LogP contribution >= 0.6 is 0 Å². The van der Waals surface area contributed by atoms with E-state index in [1.54, 1.807) is 23.0 Å². The minimum absolute atomic E-state index is 0.127. The van der Waals surface area contributed by atoms with Crippen LogP contribution < -0.4 is 10.1 Å². The standard InChI is InChI=1S/C12H15N3O2/c1-15-10(5-6-14-15)8-13-9-3-4-12(17-2)11(16)7-9/h3-7,13,16H,8H2,1-2H3. The molecule has 0 aliphatic rings. The molecule has 0 saturated heterocycles. The van der Waals surface area contributed by atoms with Crippen molar-refractivity contribution in [2.75, 3.05) is 12.4 Å². The Morgan fingerprint density at radius 2 is 2.24 bits per heavy atom. The maximum Gasteiger partial charge on any atom is 0.160 e. The van der Waals surface area contributed by atoms with Gasteiger partial charge in [0, 0.05) is 25.0 Å². The summed E-state index contributed by atoms with van der Waals surface area (Å²) in [6.45, 7) is 0.655. The molecule has 0 fully saturated rings. The van der Waals surface area contributed by atoms with Gasteiger partial charge in [-0.05, 0) is 18.2 Å². The fourth-order valence-corrected chi connectivity index (χ4v) is 1.57. The van der Waals surface area contributed by atoms with Crippen molar-refractivity contribution in [3.63, 3.8) is 0 Å². The van der Waals surface area contributed by atoms with Crippen LogP contribution in [0, 0.1) is 0 Å². The lowest BCUT2D eigenvalue weighted by molar-refractivity contribution is 0.373. The Labute approximate surface area is 99.6 Å². The highest BCUT2D eigenvalue weighted by Gasteiger charge is 2.03. The van der Waals surface area contributed by atoms with Gasteiger partial charge in [-0.1, -0.05) is 0 Å². The number of nitrogens with one attached hydrogen (secondary N) is 1. The summed E-state index contributed by atoms with van der Waals surface area (Å²) in [6.07, 6.45) is 1.75. The first kappa shape index (κ1) is 11.3. The van der Waals surface area contributed by atoms with Crippen molar-refractivity contribution in [3.05, 3.63) is 36.2 Å². The molecule has 17 heavy (non-hydrogen) atoms. The average Bonchev–Trinajstić information content (AvgIpc) is 2.72. The number of benzene rings is 1. The maximum absolute atomic E-state index is 9.62. The molecule has 1 aromatic heterocycles. The zero-order chi connectivity index (χ0) is 12.3. The summed E-state index contributed by atoms with van der Waals surface area (Å²) in [5, 5.41) is 16.9. The third kappa shape index (κ3) is 2.50. The molecule has 1 heterocycles. The maximum atomic E-state index is 9.62. The van der Waals surface area contributed by atoms with E-state index in [9.17, 15) is 5.11 Å². The Hall–Kier alpha value is -2.17. The van der Waals surface area contributed by atoms with Gasteiger partial charge in [-0.2, -0.15) is 5.10 Å². The summed E-state index contributed by atoms with van der Waals surface area (Å²) in [7, 11) is 3.42. The number of rotatable bonds is 4. The molecule has 0 atom stereocenters. The summed E-state index contributed by atoms with van der Waals surface area (Å²) in [5.41, 5.74) is 1.91. The van der Waals surface area contributed by atoms with Crippen LogP contribution in [-0.2, 0) is 13.6 Å². The summed E-state index contributed by atoms with van der Waals surface area (Å²) < 4.78 is 6.78.